The van der Waals surface area contributed by atoms with Crippen molar-refractivity contribution in [1.29, 1.82) is 0 Å². The lowest BCUT2D eigenvalue weighted by molar-refractivity contribution is 0.172. The molecule has 108 valence electrons. The molecule has 20 heavy (non-hydrogen) atoms. The molecule has 0 aliphatic heterocycles. The molecule has 0 aliphatic carbocycles. The van der Waals surface area contributed by atoms with E-state index in [9.17, 15) is 0 Å². The summed E-state index contributed by atoms with van der Waals surface area (Å²) in [6, 6.07) is 6.07. The molecule has 0 saturated carbocycles. The van der Waals surface area contributed by atoms with Crippen LogP contribution in [0.15, 0.2) is 22.6 Å². The predicted molar refractivity (Wildman–Crippen MR) is 77.3 cm³/mol. The summed E-state index contributed by atoms with van der Waals surface area (Å²) in [5.41, 5.74) is 3.38. The average molecular weight is 275 g/mol. The number of rotatable bonds is 5. The van der Waals surface area contributed by atoms with Gasteiger partial charge in [-0.1, -0.05) is 6.07 Å². The number of benzene rings is 1. The van der Waals surface area contributed by atoms with Gasteiger partial charge in [-0.25, -0.2) is 0 Å². The van der Waals surface area contributed by atoms with Crippen molar-refractivity contribution < 1.29 is 9.52 Å². The molecule has 1 atom stereocenters. The zero-order valence-electron chi connectivity index (χ0n) is 12.4. The third-order valence-corrected chi connectivity index (χ3v) is 3.67. The number of likely N-dealkylation sites (N-methyl/N-ethyl adjacent to an activating group) is 1. The van der Waals surface area contributed by atoms with Crippen LogP contribution in [-0.2, 0) is 0 Å². The van der Waals surface area contributed by atoms with Gasteiger partial charge in [-0.15, -0.1) is 10.2 Å². The molecular formula is C15H21N3O2. The second kappa shape index (κ2) is 6.15. The zero-order valence-corrected chi connectivity index (χ0v) is 12.4. The molecule has 1 aromatic carbocycles. The van der Waals surface area contributed by atoms with E-state index in [-0.39, 0.29) is 12.6 Å². The quantitative estimate of drug-likeness (QED) is 0.907. The molecule has 0 amide bonds. The molecule has 1 aromatic heterocycles. The number of aliphatic hydroxyl groups excluding tert-OH is 1. The highest BCUT2D eigenvalue weighted by Gasteiger charge is 2.18. The van der Waals surface area contributed by atoms with Crippen molar-refractivity contribution in [2.45, 2.75) is 26.8 Å². The van der Waals surface area contributed by atoms with Gasteiger partial charge in [0, 0.05) is 12.1 Å². The van der Waals surface area contributed by atoms with E-state index in [1.54, 1.807) is 0 Å². The van der Waals surface area contributed by atoms with Crippen LogP contribution in [0.5, 0.6) is 0 Å². The SMILES string of the molecule is Cc1ccc(-c2nnc(C(C)N(C)CCO)o2)cc1C. The van der Waals surface area contributed by atoms with Crippen LogP contribution in [0.3, 0.4) is 0 Å². The van der Waals surface area contributed by atoms with Crippen LogP contribution in [0.1, 0.15) is 30.0 Å². The topological polar surface area (TPSA) is 62.4 Å². The molecular weight excluding hydrogens is 254 g/mol. The van der Waals surface area contributed by atoms with Gasteiger partial charge in [0.05, 0.1) is 12.6 Å². The van der Waals surface area contributed by atoms with E-state index in [1.165, 1.54) is 11.1 Å². The highest BCUT2D eigenvalue weighted by Crippen LogP contribution is 2.24. The van der Waals surface area contributed by atoms with Gasteiger partial charge in [-0.2, -0.15) is 0 Å². The minimum Gasteiger partial charge on any atom is -0.419 e. The molecule has 0 radical (unpaired) electrons. The van der Waals surface area contributed by atoms with Gasteiger partial charge < -0.3 is 9.52 Å². The van der Waals surface area contributed by atoms with Crippen LogP contribution in [-0.4, -0.2) is 40.4 Å². The number of aliphatic hydroxyl groups is 1. The Morgan fingerprint density at radius 2 is 2.00 bits per heavy atom. The van der Waals surface area contributed by atoms with Crippen molar-refractivity contribution in [3.05, 3.63) is 35.2 Å². The summed E-state index contributed by atoms with van der Waals surface area (Å²) < 4.78 is 5.75. The molecule has 5 nitrogen and oxygen atoms in total. The smallest absolute Gasteiger partial charge is 0.247 e. The van der Waals surface area contributed by atoms with Crippen LogP contribution in [0, 0.1) is 13.8 Å². The Hall–Kier alpha value is -1.72. The van der Waals surface area contributed by atoms with Gasteiger partial charge in [-0.3, -0.25) is 4.90 Å². The van der Waals surface area contributed by atoms with E-state index in [0.29, 0.717) is 18.3 Å². The van der Waals surface area contributed by atoms with Gasteiger partial charge in [0.25, 0.3) is 0 Å². The number of aryl methyl sites for hydroxylation is 2. The Bertz CT molecular complexity index is 580. The van der Waals surface area contributed by atoms with Crippen LogP contribution < -0.4 is 0 Å². The number of hydrogen-bond acceptors (Lipinski definition) is 5. The summed E-state index contributed by atoms with van der Waals surface area (Å²) in [5, 5.41) is 17.2. The fraction of sp³-hybridized carbons (Fsp3) is 0.467. The van der Waals surface area contributed by atoms with Gasteiger partial charge in [-0.05, 0) is 51.1 Å². The molecule has 1 N–H and O–H groups in total. The zero-order chi connectivity index (χ0) is 14.7. The summed E-state index contributed by atoms with van der Waals surface area (Å²) in [7, 11) is 1.92. The third-order valence-electron chi connectivity index (χ3n) is 3.67. The van der Waals surface area contributed by atoms with Crippen LogP contribution in [0.4, 0.5) is 0 Å². The van der Waals surface area contributed by atoms with E-state index in [1.807, 2.05) is 24.9 Å². The van der Waals surface area contributed by atoms with Crippen molar-refractivity contribution >= 4 is 0 Å². The largest absolute Gasteiger partial charge is 0.419 e. The molecule has 0 spiro atoms. The van der Waals surface area contributed by atoms with E-state index in [4.69, 9.17) is 9.52 Å². The molecule has 0 saturated heterocycles. The Labute approximate surface area is 119 Å². The summed E-state index contributed by atoms with van der Waals surface area (Å²) >= 11 is 0. The molecule has 0 fully saturated rings. The fourth-order valence-corrected chi connectivity index (χ4v) is 1.93. The minimum absolute atomic E-state index is 0.0186. The maximum atomic E-state index is 8.96. The van der Waals surface area contributed by atoms with Gasteiger partial charge >= 0.3 is 0 Å². The molecule has 0 aliphatic rings. The highest BCUT2D eigenvalue weighted by atomic mass is 16.4. The first-order chi connectivity index (χ1) is 9.52. The van der Waals surface area contributed by atoms with Crippen molar-refractivity contribution in [3.8, 4) is 11.5 Å². The first-order valence-electron chi connectivity index (χ1n) is 6.75. The number of hydrogen-bond donors (Lipinski definition) is 1. The van der Waals surface area contributed by atoms with Crippen molar-refractivity contribution in [3.63, 3.8) is 0 Å². The second-order valence-corrected chi connectivity index (χ2v) is 5.12. The summed E-state index contributed by atoms with van der Waals surface area (Å²) in [4.78, 5) is 1.97. The summed E-state index contributed by atoms with van der Waals surface area (Å²) in [6.07, 6.45) is 0. The highest BCUT2D eigenvalue weighted by molar-refractivity contribution is 5.55. The monoisotopic (exact) mass is 275 g/mol. The maximum absolute atomic E-state index is 8.96. The molecule has 1 heterocycles. The van der Waals surface area contributed by atoms with E-state index in [0.717, 1.165) is 5.56 Å². The van der Waals surface area contributed by atoms with Crippen LogP contribution in [0.2, 0.25) is 0 Å². The van der Waals surface area contributed by atoms with Gasteiger partial charge in [0.2, 0.25) is 11.8 Å². The van der Waals surface area contributed by atoms with Gasteiger partial charge in [0.1, 0.15) is 0 Å². The molecule has 2 rings (SSSR count). The Morgan fingerprint density at radius 3 is 2.65 bits per heavy atom. The molecule has 5 heteroatoms. The molecule has 0 bridgehead atoms. The van der Waals surface area contributed by atoms with E-state index in [2.05, 4.69) is 36.2 Å². The van der Waals surface area contributed by atoms with E-state index >= 15 is 0 Å². The Balaban J connectivity index is 2.22. The van der Waals surface area contributed by atoms with Crippen LogP contribution >= 0.6 is 0 Å². The first-order valence-corrected chi connectivity index (χ1v) is 6.75. The molecule has 2 aromatic rings. The fourth-order valence-electron chi connectivity index (χ4n) is 1.93. The minimum atomic E-state index is -0.0186. The summed E-state index contributed by atoms with van der Waals surface area (Å²) in [5.74, 6) is 1.10. The predicted octanol–water partition coefficient (Wildman–Crippen LogP) is 2.34. The second-order valence-electron chi connectivity index (χ2n) is 5.12. The van der Waals surface area contributed by atoms with E-state index < -0.39 is 0 Å². The van der Waals surface area contributed by atoms with Crippen molar-refractivity contribution in [1.82, 2.24) is 15.1 Å². The third kappa shape index (κ3) is 3.05. The lowest BCUT2D eigenvalue weighted by Gasteiger charge is -2.20. The normalized spacial score (nSPS) is 12.9. The van der Waals surface area contributed by atoms with Gasteiger partial charge in [0.15, 0.2) is 0 Å². The number of aromatic nitrogens is 2. The maximum Gasteiger partial charge on any atom is 0.247 e. The standard InChI is InChI=1S/C15H21N3O2/c1-10-5-6-13(9-11(10)2)15-17-16-14(20-15)12(3)18(4)7-8-19/h5-6,9,12,19H,7-8H2,1-4H3. The summed E-state index contributed by atoms with van der Waals surface area (Å²) in [6.45, 7) is 6.80. The Kier molecular flexibility index (Phi) is 4.52. The van der Waals surface area contributed by atoms with Crippen LogP contribution in [0.25, 0.3) is 11.5 Å². The lowest BCUT2D eigenvalue weighted by atomic mass is 10.1. The average Bonchev–Trinajstić information content (AvgIpc) is 2.91. The lowest BCUT2D eigenvalue weighted by Crippen LogP contribution is -2.25. The Morgan fingerprint density at radius 1 is 1.25 bits per heavy atom. The van der Waals surface area contributed by atoms with Crippen molar-refractivity contribution in [2.24, 2.45) is 0 Å². The molecule has 1 unspecified atom stereocenters. The first kappa shape index (κ1) is 14.7. The van der Waals surface area contributed by atoms with Crippen molar-refractivity contribution in [2.75, 3.05) is 20.2 Å². The number of nitrogens with zero attached hydrogens (tertiary/aromatic N) is 3.